The van der Waals surface area contributed by atoms with Crippen molar-refractivity contribution in [2.45, 2.75) is 56.8 Å². The fourth-order valence-corrected chi connectivity index (χ4v) is 6.42. The van der Waals surface area contributed by atoms with E-state index in [1.54, 1.807) is 21.7 Å². The molecule has 4 aliphatic rings. The summed E-state index contributed by atoms with van der Waals surface area (Å²) in [4.78, 5) is 26.9. The molecule has 7 nitrogen and oxygen atoms in total. The van der Waals surface area contributed by atoms with Crippen molar-refractivity contribution >= 4 is 6.09 Å². The van der Waals surface area contributed by atoms with Gasteiger partial charge in [-0.2, -0.15) is 5.26 Å². The zero-order valence-corrected chi connectivity index (χ0v) is 16.4. The molecule has 154 valence electrons. The molecule has 5 unspecified atom stereocenters. The van der Waals surface area contributed by atoms with Crippen LogP contribution in [0.15, 0.2) is 23.1 Å². The van der Waals surface area contributed by atoms with Crippen molar-refractivity contribution < 1.29 is 14.6 Å². The quantitative estimate of drug-likeness (QED) is 0.826. The molecule has 1 N–H and O–H groups in total. The van der Waals surface area contributed by atoms with Crippen LogP contribution in [0.2, 0.25) is 0 Å². The lowest BCUT2D eigenvalue weighted by Gasteiger charge is -2.37. The first-order valence-corrected chi connectivity index (χ1v) is 10.8. The topological polar surface area (TPSA) is 95.6 Å². The lowest BCUT2D eigenvalue weighted by atomic mass is 9.77. The first kappa shape index (κ1) is 18.7. The molecule has 1 aromatic heterocycles. The molecule has 7 heteroatoms. The minimum Gasteiger partial charge on any atom is -0.446 e. The molecule has 5 rings (SSSR count). The van der Waals surface area contributed by atoms with E-state index in [-0.39, 0.29) is 35.8 Å². The number of aromatic nitrogens is 1. The SMILES string of the molecule is N#Cc1ccn([C@@H]2CCN(C(=O)O[C@@H]3C4CC(O)CC5CC3CC5C4)C2)c(=O)c1. The van der Waals surface area contributed by atoms with Gasteiger partial charge in [0.1, 0.15) is 6.10 Å². The fraction of sp³-hybridized carbons (Fsp3) is 0.682. The number of carbonyl (C=O) groups excluding carboxylic acids is 1. The van der Waals surface area contributed by atoms with Gasteiger partial charge in [-0.05, 0) is 68.3 Å². The van der Waals surface area contributed by atoms with Crippen molar-refractivity contribution in [3.8, 4) is 6.07 Å². The third-order valence-corrected chi connectivity index (χ3v) is 7.69. The van der Waals surface area contributed by atoms with Gasteiger partial charge < -0.3 is 19.3 Å². The molecule has 2 heterocycles. The van der Waals surface area contributed by atoms with Crippen LogP contribution >= 0.6 is 0 Å². The third-order valence-electron chi connectivity index (χ3n) is 7.69. The van der Waals surface area contributed by atoms with Gasteiger partial charge in [-0.1, -0.05) is 0 Å². The molecule has 1 aromatic rings. The van der Waals surface area contributed by atoms with Crippen LogP contribution in [0.4, 0.5) is 4.79 Å². The summed E-state index contributed by atoms with van der Waals surface area (Å²) in [5.74, 6) is 1.98. The molecular formula is C22H27N3O4. The van der Waals surface area contributed by atoms with Gasteiger partial charge in [0, 0.05) is 25.4 Å². The minimum absolute atomic E-state index is 0.0876. The summed E-state index contributed by atoms with van der Waals surface area (Å²) < 4.78 is 7.65. The zero-order chi connectivity index (χ0) is 20.1. The summed E-state index contributed by atoms with van der Waals surface area (Å²) in [6.45, 7) is 1.01. The van der Waals surface area contributed by atoms with E-state index in [1.165, 1.54) is 6.07 Å². The Kier molecular flexibility index (Phi) is 4.62. The fourth-order valence-electron chi connectivity index (χ4n) is 6.42. The van der Waals surface area contributed by atoms with Crippen LogP contribution in [0.1, 0.15) is 50.1 Å². The second kappa shape index (κ2) is 7.17. The van der Waals surface area contributed by atoms with Crippen LogP contribution < -0.4 is 5.56 Å². The molecule has 3 saturated carbocycles. The van der Waals surface area contributed by atoms with E-state index < -0.39 is 0 Å². The lowest BCUT2D eigenvalue weighted by molar-refractivity contribution is -0.0271. The van der Waals surface area contributed by atoms with E-state index in [0.29, 0.717) is 42.8 Å². The Balaban J connectivity index is 1.25. The highest BCUT2D eigenvalue weighted by atomic mass is 16.6. The number of nitriles is 1. The maximum Gasteiger partial charge on any atom is 0.410 e. The number of carbonyl (C=O) groups is 1. The van der Waals surface area contributed by atoms with E-state index in [9.17, 15) is 14.7 Å². The summed E-state index contributed by atoms with van der Waals surface area (Å²) in [6, 6.07) is 4.85. The summed E-state index contributed by atoms with van der Waals surface area (Å²) in [5, 5.41) is 19.2. The molecule has 29 heavy (non-hydrogen) atoms. The van der Waals surface area contributed by atoms with Gasteiger partial charge in [0.15, 0.2) is 0 Å². The second-order valence-corrected chi connectivity index (χ2v) is 9.38. The van der Waals surface area contributed by atoms with E-state index in [4.69, 9.17) is 10.00 Å². The predicted molar refractivity (Wildman–Crippen MR) is 104 cm³/mol. The van der Waals surface area contributed by atoms with Crippen molar-refractivity contribution in [1.82, 2.24) is 9.47 Å². The summed E-state index contributed by atoms with van der Waals surface area (Å²) >= 11 is 0. The lowest BCUT2D eigenvalue weighted by Crippen LogP contribution is -2.42. The van der Waals surface area contributed by atoms with Gasteiger partial charge in [-0.25, -0.2) is 4.79 Å². The Morgan fingerprint density at radius 2 is 1.83 bits per heavy atom. The molecule has 1 aliphatic heterocycles. The standard InChI is InChI=1S/C22H27N3O4/c23-11-13-1-4-25(20(27)5-13)18-2-3-24(12-18)22(28)29-21-16-6-14-7-17(21)10-19(26)9-15(14)8-16/h1,4-5,14-19,21,26H,2-3,6-10,12H2/t14?,15?,16?,17?,18-,19?,21+/m1/s1. The van der Waals surface area contributed by atoms with Crippen LogP contribution in [0.5, 0.6) is 0 Å². The Morgan fingerprint density at radius 1 is 1.14 bits per heavy atom. The maximum atomic E-state index is 12.9. The number of amides is 1. The number of hydrogen-bond donors (Lipinski definition) is 1. The number of rotatable bonds is 2. The van der Waals surface area contributed by atoms with Gasteiger partial charge in [-0.15, -0.1) is 0 Å². The molecular weight excluding hydrogens is 370 g/mol. The number of ether oxygens (including phenoxy) is 1. The molecule has 1 amide bonds. The zero-order valence-electron chi connectivity index (χ0n) is 16.4. The molecule has 0 radical (unpaired) electrons. The second-order valence-electron chi connectivity index (χ2n) is 9.38. The Bertz CT molecular complexity index is 906. The average molecular weight is 397 g/mol. The smallest absolute Gasteiger partial charge is 0.410 e. The summed E-state index contributed by atoms with van der Waals surface area (Å²) in [7, 11) is 0. The van der Waals surface area contributed by atoms with Gasteiger partial charge in [0.05, 0.1) is 23.8 Å². The summed E-state index contributed by atoms with van der Waals surface area (Å²) in [5.41, 5.74) is 0.136. The molecule has 0 aromatic carbocycles. The molecule has 1 saturated heterocycles. The van der Waals surface area contributed by atoms with Crippen LogP contribution in [-0.4, -0.2) is 46.0 Å². The van der Waals surface area contributed by atoms with E-state index in [1.807, 2.05) is 6.07 Å². The Morgan fingerprint density at radius 3 is 2.55 bits per heavy atom. The molecule has 7 atom stereocenters. The van der Waals surface area contributed by atoms with Crippen molar-refractivity contribution in [3.05, 3.63) is 34.2 Å². The first-order chi connectivity index (χ1) is 14.0. The number of nitrogens with zero attached hydrogens (tertiary/aromatic N) is 3. The van der Waals surface area contributed by atoms with Crippen LogP contribution in [0.3, 0.4) is 0 Å². The van der Waals surface area contributed by atoms with Gasteiger partial charge >= 0.3 is 6.09 Å². The van der Waals surface area contributed by atoms with Gasteiger partial charge in [0.2, 0.25) is 0 Å². The predicted octanol–water partition coefficient (Wildman–Crippen LogP) is 2.29. The normalized spacial score (nSPS) is 37.9. The maximum absolute atomic E-state index is 12.9. The van der Waals surface area contributed by atoms with E-state index in [0.717, 1.165) is 32.1 Å². The number of pyridine rings is 1. The number of aliphatic hydroxyl groups excluding tert-OH is 1. The Hall–Kier alpha value is -2.33. The van der Waals surface area contributed by atoms with Crippen LogP contribution in [-0.2, 0) is 4.74 Å². The molecule has 3 aliphatic carbocycles. The van der Waals surface area contributed by atoms with Crippen molar-refractivity contribution in [3.63, 3.8) is 0 Å². The molecule has 0 spiro atoms. The minimum atomic E-state index is -0.291. The van der Waals surface area contributed by atoms with Crippen LogP contribution in [0, 0.1) is 35.0 Å². The van der Waals surface area contributed by atoms with Gasteiger partial charge in [0.25, 0.3) is 5.56 Å². The largest absolute Gasteiger partial charge is 0.446 e. The highest BCUT2D eigenvalue weighted by Crippen LogP contribution is 2.54. The number of hydrogen-bond acceptors (Lipinski definition) is 5. The number of likely N-dealkylation sites (tertiary alicyclic amines) is 1. The van der Waals surface area contributed by atoms with E-state index >= 15 is 0 Å². The third kappa shape index (κ3) is 3.33. The summed E-state index contributed by atoms with van der Waals surface area (Å²) in [6.07, 6.45) is 6.60. The highest BCUT2D eigenvalue weighted by molar-refractivity contribution is 5.68. The van der Waals surface area contributed by atoms with Crippen molar-refractivity contribution in [2.75, 3.05) is 13.1 Å². The van der Waals surface area contributed by atoms with Crippen LogP contribution in [0.25, 0.3) is 0 Å². The molecule has 4 fully saturated rings. The average Bonchev–Trinajstić information content (AvgIpc) is 3.27. The Labute approximate surface area is 169 Å². The number of fused-ring (bicyclic) bond motifs is 2. The highest BCUT2D eigenvalue weighted by Gasteiger charge is 2.51. The van der Waals surface area contributed by atoms with Crippen molar-refractivity contribution in [1.29, 1.82) is 5.26 Å². The van der Waals surface area contributed by atoms with E-state index in [2.05, 4.69) is 0 Å². The molecule has 3 bridgehead atoms. The van der Waals surface area contributed by atoms with Gasteiger partial charge in [-0.3, -0.25) is 4.79 Å². The van der Waals surface area contributed by atoms with Crippen molar-refractivity contribution in [2.24, 2.45) is 23.7 Å². The first-order valence-electron chi connectivity index (χ1n) is 10.8. The number of aliphatic hydroxyl groups is 1. The monoisotopic (exact) mass is 397 g/mol.